The van der Waals surface area contributed by atoms with Crippen LogP contribution >= 0.6 is 0 Å². The minimum Gasteiger partial charge on any atom is -0.382 e. The van der Waals surface area contributed by atoms with E-state index in [0.717, 1.165) is 25.9 Å². The quantitative estimate of drug-likeness (QED) is 0.857. The molecule has 1 fully saturated rings. The fraction of sp³-hybridized carbons (Fsp3) is 0.500. The predicted octanol–water partition coefficient (Wildman–Crippen LogP) is 0.673. The number of nitrogens with one attached hydrogen (secondary N) is 1. The molecule has 132 valence electrons. The van der Waals surface area contributed by atoms with Crippen molar-refractivity contribution in [3.8, 4) is 0 Å². The van der Waals surface area contributed by atoms with Gasteiger partial charge in [-0.05, 0) is 36.9 Å². The molecule has 1 amide bonds. The number of rotatable bonds is 3. The summed E-state index contributed by atoms with van der Waals surface area (Å²) in [6.07, 6.45) is 3.94. The molecule has 2 aromatic rings. The Morgan fingerprint density at radius 3 is 2.92 bits per heavy atom. The number of carbonyl (C=O) groups excluding carboxylic acids is 1. The van der Waals surface area contributed by atoms with Crippen molar-refractivity contribution in [2.24, 2.45) is 0 Å². The zero-order chi connectivity index (χ0) is 17.3. The van der Waals surface area contributed by atoms with E-state index < -0.39 is 5.60 Å². The molecule has 2 aliphatic heterocycles. The average molecular weight is 341 g/mol. The van der Waals surface area contributed by atoms with Crippen LogP contribution in [0.1, 0.15) is 29.7 Å². The fourth-order valence-electron chi connectivity index (χ4n) is 3.89. The fourth-order valence-corrected chi connectivity index (χ4v) is 3.89. The number of fused-ring (bicyclic) bond motifs is 1. The van der Waals surface area contributed by atoms with Gasteiger partial charge in [-0.3, -0.25) is 9.69 Å². The molecule has 1 saturated heterocycles. The summed E-state index contributed by atoms with van der Waals surface area (Å²) in [6, 6.07) is 8.31. The second kappa shape index (κ2) is 6.57. The number of aromatic amines is 1. The molecule has 1 aromatic heterocycles. The molecule has 7 heteroatoms. The van der Waals surface area contributed by atoms with E-state index in [2.05, 4.69) is 33.6 Å². The Balaban J connectivity index is 1.40. The summed E-state index contributed by atoms with van der Waals surface area (Å²) in [4.78, 5) is 16.7. The Hall–Kier alpha value is -2.25. The summed E-state index contributed by atoms with van der Waals surface area (Å²) in [5, 5.41) is 21.2. The minimum atomic E-state index is -1.03. The van der Waals surface area contributed by atoms with Crippen LogP contribution in [0.5, 0.6) is 0 Å². The van der Waals surface area contributed by atoms with Crippen LogP contribution in [0.2, 0.25) is 0 Å². The summed E-state index contributed by atoms with van der Waals surface area (Å²) in [5.41, 5.74) is 2.10. The Labute approximate surface area is 146 Å². The van der Waals surface area contributed by atoms with Crippen molar-refractivity contribution in [1.82, 2.24) is 25.2 Å². The number of H-pyrrole nitrogens is 1. The van der Waals surface area contributed by atoms with E-state index in [1.807, 2.05) is 15.9 Å². The summed E-state index contributed by atoms with van der Waals surface area (Å²) < 4.78 is 0. The normalized spacial score (nSPS) is 24.1. The Kier molecular flexibility index (Phi) is 4.27. The number of benzene rings is 1. The van der Waals surface area contributed by atoms with E-state index in [9.17, 15) is 9.90 Å². The molecule has 1 atom stereocenters. The number of aliphatic hydroxyl groups is 1. The van der Waals surface area contributed by atoms with Crippen LogP contribution in [0, 0.1) is 0 Å². The van der Waals surface area contributed by atoms with Crippen molar-refractivity contribution >= 4 is 5.91 Å². The first-order valence-electron chi connectivity index (χ1n) is 8.80. The van der Waals surface area contributed by atoms with Crippen LogP contribution in [-0.4, -0.2) is 62.4 Å². The van der Waals surface area contributed by atoms with Gasteiger partial charge in [0, 0.05) is 19.6 Å². The van der Waals surface area contributed by atoms with Crippen LogP contribution in [0.4, 0.5) is 0 Å². The maximum Gasteiger partial charge on any atom is 0.237 e. The lowest BCUT2D eigenvalue weighted by Gasteiger charge is -2.38. The zero-order valence-electron chi connectivity index (χ0n) is 14.2. The van der Waals surface area contributed by atoms with Crippen LogP contribution in [0.3, 0.4) is 0 Å². The van der Waals surface area contributed by atoms with Crippen molar-refractivity contribution < 1.29 is 9.90 Å². The second-order valence-corrected chi connectivity index (χ2v) is 7.04. The molecule has 25 heavy (non-hydrogen) atoms. The van der Waals surface area contributed by atoms with E-state index in [-0.39, 0.29) is 5.91 Å². The van der Waals surface area contributed by atoms with Gasteiger partial charge in [-0.15, -0.1) is 0 Å². The smallest absolute Gasteiger partial charge is 0.237 e. The van der Waals surface area contributed by atoms with Crippen LogP contribution in [-0.2, 0) is 23.4 Å². The number of hydrogen-bond donors (Lipinski definition) is 2. The van der Waals surface area contributed by atoms with Gasteiger partial charge in [-0.25, -0.2) is 0 Å². The van der Waals surface area contributed by atoms with Gasteiger partial charge in [0.25, 0.3) is 0 Å². The Bertz CT molecular complexity index is 748. The first kappa shape index (κ1) is 16.2. The number of aromatic nitrogens is 3. The molecule has 2 N–H and O–H groups in total. The molecule has 0 bridgehead atoms. The van der Waals surface area contributed by atoms with Gasteiger partial charge in [0.2, 0.25) is 5.91 Å². The topological polar surface area (TPSA) is 85.3 Å². The molecule has 0 radical (unpaired) electrons. The molecule has 3 heterocycles. The SMILES string of the molecule is O=C(CN1CCC[C@@](O)(c2cn[nH]n2)C1)N1CCc2ccccc2C1. The lowest BCUT2D eigenvalue weighted by Crippen LogP contribution is -2.50. The molecule has 0 unspecified atom stereocenters. The number of amides is 1. The first-order chi connectivity index (χ1) is 12.1. The summed E-state index contributed by atoms with van der Waals surface area (Å²) >= 11 is 0. The van der Waals surface area contributed by atoms with Gasteiger partial charge >= 0.3 is 0 Å². The Morgan fingerprint density at radius 2 is 2.12 bits per heavy atom. The third-order valence-corrected chi connectivity index (χ3v) is 5.28. The van der Waals surface area contributed by atoms with E-state index in [1.54, 1.807) is 6.20 Å². The van der Waals surface area contributed by atoms with Gasteiger partial charge in [0.05, 0.1) is 12.7 Å². The van der Waals surface area contributed by atoms with Crippen molar-refractivity contribution in [2.45, 2.75) is 31.4 Å². The van der Waals surface area contributed by atoms with Gasteiger partial charge in [-0.1, -0.05) is 24.3 Å². The van der Waals surface area contributed by atoms with Crippen molar-refractivity contribution in [3.05, 3.63) is 47.3 Å². The highest BCUT2D eigenvalue weighted by atomic mass is 16.3. The molecule has 1 aromatic carbocycles. The van der Waals surface area contributed by atoms with Gasteiger partial charge < -0.3 is 10.0 Å². The van der Waals surface area contributed by atoms with Crippen LogP contribution in [0.15, 0.2) is 30.5 Å². The average Bonchev–Trinajstić information content (AvgIpc) is 3.17. The number of carbonyl (C=O) groups is 1. The standard InChI is InChI=1S/C18H23N5O2/c24-17(23-9-6-14-4-1-2-5-15(14)11-23)12-22-8-3-7-18(25,13-22)16-10-19-21-20-16/h1-2,4-5,10,25H,3,6-9,11-13H2,(H,19,20,21)/t18-/m0/s1. The second-order valence-electron chi connectivity index (χ2n) is 7.04. The molecular formula is C18H23N5O2. The summed E-state index contributed by atoms with van der Waals surface area (Å²) in [7, 11) is 0. The highest BCUT2D eigenvalue weighted by Gasteiger charge is 2.38. The number of piperidine rings is 1. The molecule has 0 saturated carbocycles. The third kappa shape index (κ3) is 3.29. The maximum absolute atomic E-state index is 12.7. The van der Waals surface area contributed by atoms with Gasteiger partial charge in [-0.2, -0.15) is 15.4 Å². The maximum atomic E-state index is 12.7. The zero-order valence-corrected chi connectivity index (χ0v) is 14.2. The highest BCUT2D eigenvalue weighted by Crippen LogP contribution is 2.29. The van der Waals surface area contributed by atoms with Crippen molar-refractivity contribution in [3.63, 3.8) is 0 Å². The Morgan fingerprint density at radius 1 is 1.28 bits per heavy atom. The van der Waals surface area contributed by atoms with Gasteiger partial charge in [0.15, 0.2) is 0 Å². The molecule has 4 rings (SSSR count). The lowest BCUT2D eigenvalue weighted by molar-refractivity contribution is -0.135. The number of hydrogen-bond acceptors (Lipinski definition) is 5. The van der Waals surface area contributed by atoms with Gasteiger partial charge in [0.1, 0.15) is 11.3 Å². The third-order valence-electron chi connectivity index (χ3n) is 5.28. The monoisotopic (exact) mass is 341 g/mol. The van der Waals surface area contributed by atoms with Crippen LogP contribution in [0.25, 0.3) is 0 Å². The minimum absolute atomic E-state index is 0.124. The lowest BCUT2D eigenvalue weighted by atomic mass is 9.90. The summed E-state index contributed by atoms with van der Waals surface area (Å²) in [6.45, 7) is 3.00. The van der Waals surface area contributed by atoms with Crippen molar-refractivity contribution in [1.29, 1.82) is 0 Å². The van der Waals surface area contributed by atoms with Crippen molar-refractivity contribution in [2.75, 3.05) is 26.2 Å². The molecule has 7 nitrogen and oxygen atoms in total. The number of likely N-dealkylation sites (tertiary alicyclic amines) is 1. The molecule has 2 aliphatic rings. The predicted molar refractivity (Wildman–Crippen MR) is 91.5 cm³/mol. The van der Waals surface area contributed by atoms with Crippen LogP contribution < -0.4 is 0 Å². The number of β-amino-alcohol motifs (C(OH)–C–C–N with tert-alkyl or cyclic N) is 1. The van der Waals surface area contributed by atoms with E-state index in [4.69, 9.17) is 0 Å². The van der Waals surface area contributed by atoms with E-state index in [0.29, 0.717) is 31.7 Å². The van der Waals surface area contributed by atoms with E-state index in [1.165, 1.54) is 11.1 Å². The largest absolute Gasteiger partial charge is 0.382 e. The number of nitrogens with zero attached hydrogens (tertiary/aromatic N) is 4. The summed E-state index contributed by atoms with van der Waals surface area (Å²) in [5.74, 6) is 0.124. The van der Waals surface area contributed by atoms with E-state index >= 15 is 0 Å². The highest BCUT2D eigenvalue weighted by molar-refractivity contribution is 5.78. The molecule has 0 aliphatic carbocycles. The molecular weight excluding hydrogens is 318 g/mol. The molecule has 0 spiro atoms. The first-order valence-corrected chi connectivity index (χ1v) is 8.80.